The maximum atomic E-state index is 6.29. The summed E-state index contributed by atoms with van der Waals surface area (Å²) in [5.41, 5.74) is 8.69. The molecule has 1 aromatic rings. The minimum Gasteiger partial charge on any atom is -0.377 e. The van der Waals surface area contributed by atoms with Crippen LogP contribution in [-0.2, 0) is 24.1 Å². The van der Waals surface area contributed by atoms with E-state index in [1.54, 1.807) is 0 Å². The van der Waals surface area contributed by atoms with E-state index in [9.17, 15) is 0 Å². The summed E-state index contributed by atoms with van der Waals surface area (Å²) in [6, 6.07) is 2.28. The standard InChI is InChI=1S/C14H25N3O/c1-3-11-9-12(17(4-2)16-11)10-13(15)14-7-5-6-8-18-14/h9,13-14H,3-8,10,15H2,1-2H3. The number of hydrogen-bond donors (Lipinski definition) is 1. The van der Waals surface area contributed by atoms with Gasteiger partial charge in [0.25, 0.3) is 0 Å². The molecule has 0 aromatic carbocycles. The Balaban J connectivity index is 2.00. The van der Waals surface area contributed by atoms with Gasteiger partial charge in [-0.15, -0.1) is 0 Å². The molecule has 2 N–H and O–H groups in total. The van der Waals surface area contributed by atoms with Crippen molar-refractivity contribution < 1.29 is 4.74 Å². The summed E-state index contributed by atoms with van der Waals surface area (Å²) in [5.74, 6) is 0. The van der Waals surface area contributed by atoms with Gasteiger partial charge in [0.15, 0.2) is 0 Å². The number of ether oxygens (including phenoxy) is 1. The molecule has 2 rings (SSSR count). The smallest absolute Gasteiger partial charge is 0.0729 e. The van der Waals surface area contributed by atoms with Crippen LogP contribution in [0, 0.1) is 0 Å². The monoisotopic (exact) mass is 251 g/mol. The molecule has 1 aromatic heterocycles. The van der Waals surface area contributed by atoms with Crippen molar-refractivity contribution in [2.24, 2.45) is 5.73 Å². The molecule has 0 spiro atoms. The Kier molecular flexibility index (Phi) is 4.78. The quantitative estimate of drug-likeness (QED) is 0.869. The molecule has 1 aliphatic heterocycles. The van der Waals surface area contributed by atoms with Crippen molar-refractivity contribution in [3.8, 4) is 0 Å². The van der Waals surface area contributed by atoms with E-state index < -0.39 is 0 Å². The van der Waals surface area contributed by atoms with Gasteiger partial charge in [0, 0.05) is 31.3 Å². The van der Waals surface area contributed by atoms with Gasteiger partial charge < -0.3 is 10.5 Å². The molecule has 0 bridgehead atoms. The van der Waals surface area contributed by atoms with Crippen molar-refractivity contribution in [1.82, 2.24) is 9.78 Å². The van der Waals surface area contributed by atoms with Gasteiger partial charge in [-0.1, -0.05) is 6.92 Å². The van der Waals surface area contributed by atoms with E-state index in [4.69, 9.17) is 10.5 Å². The summed E-state index contributed by atoms with van der Waals surface area (Å²) in [6.45, 7) is 6.04. The Morgan fingerprint density at radius 2 is 2.33 bits per heavy atom. The van der Waals surface area contributed by atoms with Gasteiger partial charge in [0.05, 0.1) is 11.8 Å². The second-order valence-electron chi connectivity index (χ2n) is 5.07. The van der Waals surface area contributed by atoms with E-state index in [0.717, 1.165) is 38.1 Å². The Labute approximate surface area is 110 Å². The molecule has 0 saturated carbocycles. The van der Waals surface area contributed by atoms with Gasteiger partial charge >= 0.3 is 0 Å². The molecule has 1 saturated heterocycles. The Hall–Kier alpha value is -0.870. The largest absolute Gasteiger partial charge is 0.377 e. The van der Waals surface area contributed by atoms with Crippen molar-refractivity contribution in [1.29, 1.82) is 0 Å². The van der Waals surface area contributed by atoms with Crippen LogP contribution in [0.4, 0.5) is 0 Å². The van der Waals surface area contributed by atoms with Gasteiger partial charge in [0.2, 0.25) is 0 Å². The SMILES string of the molecule is CCc1cc(CC(N)C2CCCCO2)n(CC)n1. The summed E-state index contributed by atoms with van der Waals surface area (Å²) >= 11 is 0. The van der Waals surface area contributed by atoms with Gasteiger partial charge in [-0.2, -0.15) is 5.10 Å². The zero-order chi connectivity index (χ0) is 13.0. The van der Waals surface area contributed by atoms with E-state index in [0.29, 0.717) is 0 Å². The highest BCUT2D eigenvalue weighted by Gasteiger charge is 2.22. The third-order valence-corrected chi connectivity index (χ3v) is 3.71. The molecule has 2 atom stereocenters. The number of hydrogen-bond acceptors (Lipinski definition) is 3. The highest BCUT2D eigenvalue weighted by molar-refractivity contribution is 5.12. The van der Waals surface area contributed by atoms with Crippen LogP contribution in [0.5, 0.6) is 0 Å². The molecule has 102 valence electrons. The zero-order valence-corrected chi connectivity index (χ0v) is 11.6. The number of rotatable bonds is 5. The third-order valence-electron chi connectivity index (χ3n) is 3.71. The average molecular weight is 251 g/mol. The normalized spacial score (nSPS) is 22.1. The van der Waals surface area contributed by atoms with Gasteiger partial charge in [-0.05, 0) is 38.7 Å². The molecule has 4 heteroatoms. The summed E-state index contributed by atoms with van der Waals surface area (Å²) in [5, 5.41) is 4.57. The van der Waals surface area contributed by atoms with Crippen LogP contribution < -0.4 is 5.73 Å². The fraction of sp³-hybridized carbons (Fsp3) is 0.786. The number of aryl methyl sites for hydroxylation is 2. The van der Waals surface area contributed by atoms with Crippen LogP contribution in [0.3, 0.4) is 0 Å². The Bertz CT molecular complexity index is 369. The first kappa shape index (κ1) is 13.6. The number of nitrogens with zero attached hydrogens (tertiary/aromatic N) is 2. The van der Waals surface area contributed by atoms with Crippen molar-refractivity contribution >= 4 is 0 Å². The molecule has 18 heavy (non-hydrogen) atoms. The lowest BCUT2D eigenvalue weighted by Gasteiger charge is -2.28. The van der Waals surface area contributed by atoms with E-state index >= 15 is 0 Å². The van der Waals surface area contributed by atoms with Crippen LogP contribution in [0.15, 0.2) is 6.07 Å². The molecule has 4 nitrogen and oxygen atoms in total. The third kappa shape index (κ3) is 3.12. The van der Waals surface area contributed by atoms with Gasteiger partial charge in [-0.25, -0.2) is 0 Å². The van der Waals surface area contributed by atoms with Crippen LogP contribution in [0.2, 0.25) is 0 Å². The molecule has 2 heterocycles. The number of aromatic nitrogens is 2. The fourth-order valence-corrected chi connectivity index (χ4v) is 2.60. The van der Waals surface area contributed by atoms with Crippen molar-refractivity contribution in [3.63, 3.8) is 0 Å². The van der Waals surface area contributed by atoms with Crippen LogP contribution in [-0.4, -0.2) is 28.5 Å². The van der Waals surface area contributed by atoms with E-state index in [2.05, 4.69) is 29.7 Å². The first-order chi connectivity index (χ1) is 8.74. The highest BCUT2D eigenvalue weighted by Crippen LogP contribution is 2.18. The lowest BCUT2D eigenvalue weighted by molar-refractivity contribution is 0.000301. The highest BCUT2D eigenvalue weighted by atomic mass is 16.5. The summed E-state index contributed by atoms with van der Waals surface area (Å²) in [6.07, 6.45) is 5.59. The van der Waals surface area contributed by atoms with Crippen LogP contribution in [0.25, 0.3) is 0 Å². The van der Waals surface area contributed by atoms with Crippen LogP contribution >= 0.6 is 0 Å². The molecule has 0 amide bonds. The molecule has 1 aliphatic rings. The Morgan fingerprint density at radius 3 is 2.94 bits per heavy atom. The lowest BCUT2D eigenvalue weighted by Crippen LogP contribution is -2.40. The van der Waals surface area contributed by atoms with Crippen molar-refractivity contribution in [3.05, 3.63) is 17.5 Å². The van der Waals surface area contributed by atoms with E-state index in [1.807, 2.05) is 0 Å². The second-order valence-corrected chi connectivity index (χ2v) is 5.07. The van der Waals surface area contributed by atoms with Crippen LogP contribution in [0.1, 0.15) is 44.5 Å². The van der Waals surface area contributed by atoms with E-state index in [1.165, 1.54) is 18.5 Å². The topological polar surface area (TPSA) is 53.1 Å². The molecule has 0 radical (unpaired) electrons. The molecule has 0 aliphatic carbocycles. The minimum absolute atomic E-state index is 0.0945. The Morgan fingerprint density at radius 1 is 1.50 bits per heavy atom. The molecular weight excluding hydrogens is 226 g/mol. The number of nitrogens with two attached hydrogens (primary N) is 1. The maximum absolute atomic E-state index is 6.29. The maximum Gasteiger partial charge on any atom is 0.0729 e. The summed E-state index contributed by atoms with van der Waals surface area (Å²) in [7, 11) is 0. The fourth-order valence-electron chi connectivity index (χ4n) is 2.60. The lowest BCUT2D eigenvalue weighted by atomic mass is 9.99. The summed E-state index contributed by atoms with van der Waals surface area (Å²) < 4.78 is 7.83. The van der Waals surface area contributed by atoms with Crippen molar-refractivity contribution in [2.45, 2.75) is 64.6 Å². The molecular formula is C14H25N3O. The zero-order valence-electron chi connectivity index (χ0n) is 11.6. The first-order valence-electron chi connectivity index (χ1n) is 7.17. The summed E-state index contributed by atoms with van der Waals surface area (Å²) in [4.78, 5) is 0. The predicted molar refractivity (Wildman–Crippen MR) is 72.5 cm³/mol. The minimum atomic E-state index is 0.0945. The first-order valence-corrected chi connectivity index (χ1v) is 7.17. The van der Waals surface area contributed by atoms with Gasteiger partial charge in [0.1, 0.15) is 0 Å². The van der Waals surface area contributed by atoms with E-state index in [-0.39, 0.29) is 12.1 Å². The second kappa shape index (κ2) is 6.34. The molecule has 2 unspecified atom stereocenters. The molecule has 1 fully saturated rings. The van der Waals surface area contributed by atoms with Crippen molar-refractivity contribution in [2.75, 3.05) is 6.61 Å². The average Bonchev–Trinajstić information content (AvgIpc) is 2.82. The van der Waals surface area contributed by atoms with Gasteiger partial charge in [-0.3, -0.25) is 4.68 Å². The predicted octanol–water partition coefficient (Wildman–Crippen LogP) is 1.90.